The fraction of sp³-hybridized carbons (Fsp3) is 0.389. The molecular weight excluding hydrogens is 323 g/mol. The van der Waals surface area contributed by atoms with Crippen LogP contribution in [0.2, 0.25) is 0 Å². The predicted molar refractivity (Wildman–Crippen MR) is 91.8 cm³/mol. The monoisotopic (exact) mass is 344 g/mol. The number of nitrogens with one attached hydrogen (secondary N) is 1. The van der Waals surface area contributed by atoms with Gasteiger partial charge in [-0.1, -0.05) is 30.3 Å². The number of aromatic nitrogens is 2. The van der Waals surface area contributed by atoms with E-state index in [1.165, 1.54) is 7.11 Å². The number of hydrogen-bond donors (Lipinski definition) is 1. The zero-order chi connectivity index (χ0) is 17.6. The molecule has 1 fully saturated rings. The van der Waals surface area contributed by atoms with Crippen LogP contribution in [0.4, 0.5) is 10.3 Å². The molecule has 0 radical (unpaired) electrons. The van der Waals surface area contributed by atoms with Gasteiger partial charge in [0.2, 0.25) is 17.7 Å². The van der Waals surface area contributed by atoms with E-state index < -0.39 is 5.82 Å². The lowest BCUT2D eigenvalue weighted by atomic mass is 9.96. The molecule has 1 aromatic carbocycles. The summed E-state index contributed by atoms with van der Waals surface area (Å²) in [7, 11) is 1.37. The fourth-order valence-corrected chi connectivity index (χ4v) is 2.91. The van der Waals surface area contributed by atoms with Crippen molar-refractivity contribution in [3.63, 3.8) is 0 Å². The van der Waals surface area contributed by atoms with E-state index in [-0.39, 0.29) is 17.7 Å². The number of anilines is 1. The highest BCUT2D eigenvalue weighted by Crippen LogP contribution is 2.23. The molecule has 0 unspecified atom stereocenters. The van der Waals surface area contributed by atoms with Crippen LogP contribution in [0.3, 0.4) is 0 Å². The van der Waals surface area contributed by atoms with Crippen molar-refractivity contribution in [1.82, 2.24) is 15.3 Å². The molecule has 6 nitrogen and oxygen atoms in total. The molecule has 0 saturated carbocycles. The number of rotatable bonds is 5. The van der Waals surface area contributed by atoms with Gasteiger partial charge in [-0.2, -0.15) is 9.37 Å². The van der Waals surface area contributed by atoms with Crippen LogP contribution in [-0.4, -0.2) is 36.1 Å². The SMILES string of the molecule is COc1nc(N2CCC(C(=O)NCc3ccccc3)CC2)ncc1F. The smallest absolute Gasteiger partial charge is 0.255 e. The Hall–Kier alpha value is -2.70. The summed E-state index contributed by atoms with van der Waals surface area (Å²) in [6.45, 7) is 1.84. The lowest BCUT2D eigenvalue weighted by Gasteiger charge is -2.31. The standard InChI is InChI=1S/C18H21FN4O2/c1-25-17-15(19)12-21-18(22-17)23-9-7-14(8-10-23)16(24)20-11-13-5-3-2-4-6-13/h2-6,12,14H,7-11H2,1H3,(H,20,24). The molecule has 2 heterocycles. The minimum Gasteiger partial charge on any atom is -0.479 e. The van der Waals surface area contributed by atoms with Gasteiger partial charge >= 0.3 is 0 Å². The van der Waals surface area contributed by atoms with E-state index in [4.69, 9.17) is 4.74 Å². The maximum absolute atomic E-state index is 13.4. The molecule has 1 aliphatic rings. The minimum atomic E-state index is -0.582. The topological polar surface area (TPSA) is 67.3 Å². The van der Waals surface area contributed by atoms with Crippen LogP contribution in [0, 0.1) is 11.7 Å². The van der Waals surface area contributed by atoms with Crippen LogP contribution in [-0.2, 0) is 11.3 Å². The number of ether oxygens (including phenoxy) is 1. The van der Waals surface area contributed by atoms with Crippen molar-refractivity contribution in [3.8, 4) is 5.88 Å². The second-order valence-electron chi connectivity index (χ2n) is 5.99. The fourth-order valence-electron chi connectivity index (χ4n) is 2.91. The lowest BCUT2D eigenvalue weighted by Crippen LogP contribution is -2.41. The molecular formula is C18H21FN4O2. The van der Waals surface area contributed by atoms with Gasteiger partial charge in [0.05, 0.1) is 13.3 Å². The summed E-state index contributed by atoms with van der Waals surface area (Å²) < 4.78 is 18.3. The minimum absolute atomic E-state index is 0.0256. The Morgan fingerprint density at radius 1 is 1.32 bits per heavy atom. The normalized spacial score (nSPS) is 15.0. The van der Waals surface area contributed by atoms with E-state index in [0.29, 0.717) is 38.4 Å². The van der Waals surface area contributed by atoms with Gasteiger partial charge in [-0.3, -0.25) is 4.79 Å². The third-order valence-corrected chi connectivity index (χ3v) is 4.35. The van der Waals surface area contributed by atoms with E-state index >= 15 is 0 Å². The molecule has 132 valence electrons. The summed E-state index contributed by atoms with van der Waals surface area (Å²) in [6.07, 6.45) is 2.53. The second-order valence-corrected chi connectivity index (χ2v) is 5.99. The van der Waals surface area contributed by atoms with Crippen LogP contribution in [0.25, 0.3) is 0 Å². The number of methoxy groups -OCH3 is 1. The Kier molecular flexibility index (Phi) is 5.42. The molecule has 0 bridgehead atoms. The van der Waals surface area contributed by atoms with Crippen LogP contribution < -0.4 is 15.0 Å². The Balaban J connectivity index is 1.52. The molecule has 25 heavy (non-hydrogen) atoms. The number of piperidine rings is 1. The van der Waals surface area contributed by atoms with Crippen LogP contribution >= 0.6 is 0 Å². The van der Waals surface area contributed by atoms with Crippen molar-refractivity contribution in [2.45, 2.75) is 19.4 Å². The van der Waals surface area contributed by atoms with E-state index in [9.17, 15) is 9.18 Å². The maximum Gasteiger partial charge on any atom is 0.255 e. The van der Waals surface area contributed by atoms with Gasteiger partial charge in [-0.05, 0) is 18.4 Å². The Labute approximate surface area is 146 Å². The average Bonchev–Trinajstić information content (AvgIpc) is 2.67. The third kappa shape index (κ3) is 4.23. The first-order valence-electron chi connectivity index (χ1n) is 8.30. The molecule has 0 spiro atoms. The van der Waals surface area contributed by atoms with Crippen molar-refractivity contribution in [2.75, 3.05) is 25.1 Å². The first-order chi connectivity index (χ1) is 12.2. The van der Waals surface area contributed by atoms with Crippen LogP contribution in [0.5, 0.6) is 5.88 Å². The summed E-state index contributed by atoms with van der Waals surface area (Å²) in [5.41, 5.74) is 1.08. The van der Waals surface area contributed by atoms with Gasteiger partial charge in [-0.15, -0.1) is 0 Å². The van der Waals surface area contributed by atoms with Gasteiger partial charge in [0.15, 0.2) is 0 Å². The highest BCUT2D eigenvalue weighted by molar-refractivity contribution is 5.78. The van der Waals surface area contributed by atoms with Gasteiger partial charge in [-0.25, -0.2) is 4.98 Å². The summed E-state index contributed by atoms with van der Waals surface area (Å²) in [5.74, 6) is -0.168. The van der Waals surface area contributed by atoms with E-state index in [1.54, 1.807) is 0 Å². The predicted octanol–water partition coefficient (Wildman–Crippen LogP) is 2.16. The van der Waals surface area contributed by atoms with Crippen molar-refractivity contribution >= 4 is 11.9 Å². The number of carbonyl (C=O) groups excluding carboxylic acids is 1. The number of hydrogen-bond acceptors (Lipinski definition) is 5. The van der Waals surface area contributed by atoms with Crippen molar-refractivity contribution in [1.29, 1.82) is 0 Å². The lowest BCUT2D eigenvalue weighted by molar-refractivity contribution is -0.125. The average molecular weight is 344 g/mol. The largest absolute Gasteiger partial charge is 0.479 e. The number of halogens is 1. The molecule has 1 aliphatic heterocycles. The van der Waals surface area contributed by atoms with E-state index in [0.717, 1.165) is 11.8 Å². The Morgan fingerprint density at radius 2 is 2.04 bits per heavy atom. The summed E-state index contributed by atoms with van der Waals surface area (Å²) in [6, 6.07) is 9.84. The van der Waals surface area contributed by atoms with Crippen molar-refractivity contribution in [2.24, 2.45) is 5.92 Å². The highest BCUT2D eigenvalue weighted by Gasteiger charge is 2.26. The zero-order valence-electron chi connectivity index (χ0n) is 14.1. The third-order valence-electron chi connectivity index (χ3n) is 4.35. The molecule has 7 heteroatoms. The maximum atomic E-state index is 13.4. The van der Waals surface area contributed by atoms with Gasteiger partial charge in [0, 0.05) is 25.6 Å². The number of amides is 1. The molecule has 3 rings (SSSR count). The quantitative estimate of drug-likeness (QED) is 0.900. The number of carbonyl (C=O) groups is 1. The molecule has 1 amide bonds. The van der Waals surface area contributed by atoms with Crippen LogP contribution in [0.1, 0.15) is 18.4 Å². The molecule has 0 aliphatic carbocycles. The van der Waals surface area contributed by atoms with Gasteiger partial charge in [0.1, 0.15) is 0 Å². The second kappa shape index (κ2) is 7.92. The summed E-state index contributed by atoms with van der Waals surface area (Å²) in [4.78, 5) is 22.4. The zero-order valence-corrected chi connectivity index (χ0v) is 14.1. The molecule has 1 aromatic heterocycles. The van der Waals surface area contributed by atoms with Crippen molar-refractivity contribution in [3.05, 3.63) is 47.9 Å². The van der Waals surface area contributed by atoms with E-state index in [1.807, 2.05) is 35.2 Å². The number of benzene rings is 1. The first-order valence-corrected chi connectivity index (χ1v) is 8.30. The van der Waals surface area contributed by atoms with Crippen LogP contribution in [0.15, 0.2) is 36.5 Å². The Morgan fingerprint density at radius 3 is 2.72 bits per heavy atom. The highest BCUT2D eigenvalue weighted by atomic mass is 19.1. The van der Waals surface area contributed by atoms with Crippen molar-refractivity contribution < 1.29 is 13.9 Å². The summed E-state index contributed by atoms with van der Waals surface area (Å²) in [5, 5.41) is 2.99. The van der Waals surface area contributed by atoms with Gasteiger partial charge in [0.25, 0.3) is 5.88 Å². The first kappa shape index (κ1) is 17.1. The number of nitrogens with zero attached hydrogens (tertiary/aromatic N) is 3. The Bertz CT molecular complexity index is 718. The van der Waals surface area contributed by atoms with E-state index in [2.05, 4.69) is 15.3 Å². The molecule has 0 atom stereocenters. The van der Waals surface area contributed by atoms with Gasteiger partial charge < -0.3 is 15.0 Å². The molecule has 2 aromatic rings. The molecule has 1 saturated heterocycles. The molecule has 1 N–H and O–H groups in total. The summed E-state index contributed by atoms with van der Waals surface area (Å²) >= 11 is 0.